The van der Waals surface area contributed by atoms with Gasteiger partial charge in [0, 0.05) is 25.6 Å². The standard InChI is InChI=1S/C17H21N5O/c1-3-22-16-8-12(2)4-5-14(16)18-17(22)15-10-21(20-19-15)9-13-6-7-23-11-13/h4-5,8,10,13H,3,6-7,9,11H2,1-2H3. The highest BCUT2D eigenvalue weighted by atomic mass is 16.5. The molecule has 0 saturated carbocycles. The maximum Gasteiger partial charge on any atom is 0.163 e. The van der Waals surface area contributed by atoms with E-state index >= 15 is 0 Å². The van der Waals surface area contributed by atoms with Gasteiger partial charge in [-0.3, -0.25) is 4.68 Å². The number of aromatic nitrogens is 5. The zero-order valence-corrected chi connectivity index (χ0v) is 13.6. The third-order valence-corrected chi connectivity index (χ3v) is 4.46. The van der Waals surface area contributed by atoms with Crippen molar-refractivity contribution in [3.63, 3.8) is 0 Å². The molecule has 1 unspecified atom stereocenters. The molecule has 120 valence electrons. The number of rotatable bonds is 4. The van der Waals surface area contributed by atoms with Gasteiger partial charge in [-0.1, -0.05) is 11.3 Å². The van der Waals surface area contributed by atoms with Crippen LogP contribution in [0.2, 0.25) is 0 Å². The molecule has 0 spiro atoms. The summed E-state index contributed by atoms with van der Waals surface area (Å²) >= 11 is 0. The summed E-state index contributed by atoms with van der Waals surface area (Å²) in [5.41, 5.74) is 4.23. The Balaban J connectivity index is 1.69. The number of hydrogen-bond acceptors (Lipinski definition) is 4. The summed E-state index contributed by atoms with van der Waals surface area (Å²) in [6.07, 6.45) is 3.10. The van der Waals surface area contributed by atoms with Crippen molar-refractivity contribution in [2.24, 2.45) is 5.92 Å². The molecule has 2 aromatic heterocycles. The molecule has 3 aromatic rings. The van der Waals surface area contributed by atoms with Crippen LogP contribution < -0.4 is 0 Å². The van der Waals surface area contributed by atoms with Crippen molar-refractivity contribution in [3.05, 3.63) is 30.0 Å². The van der Waals surface area contributed by atoms with E-state index in [2.05, 4.69) is 46.9 Å². The molecule has 1 saturated heterocycles. The molecule has 1 aliphatic heterocycles. The van der Waals surface area contributed by atoms with E-state index in [-0.39, 0.29) is 0 Å². The average Bonchev–Trinajstić information content (AvgIpc) is 3.26. The third-order valence-electron chi connectivity index (χ3n) is 4.46. The van der Waals surface area contributed by atoms with E-state index in [0.29, 0.717) is 5.92 Å². The van der Waals surface area contributed by atoms with Gasteiger partial charge < -0.3 is 9.30 Å². The van der Waals surface area contributed by atoms with Gasteiger partial charge >= 0.3 is 0 Å². The van der Waals surface area contributed by atoms with Gasteiger partial charge in [0.15, 0.2) is 5.82 Å². The number of nitrogens with zero attached hydrogens (tertiary/aromatic N) is 5. The molecule has 1 fully saturated rings. The Hall–Kier alpha value is -2.21. The zero-order valence-electron chi connectivity index (χ0n) is 13.6. The maximum atomic E-state index is 5.43. The normalized spacial score (nSPS) is 18.1. The van der Waals surface area contributed by atoms with E-state index in [4.69, 9.17) is 9.72 Å². The Bertz CT molecular complexity index is 829. The summed E-state index contributed by atoms with van der Waals surface area (Å²) in [6, 6.07) is 6.34. The quantitative estimate of drug-likeness (QED) is 0.743. The van der Waals surface area contributed by atoms with Crippen LogP contribution in [-0.2, 0) is 17.8 Å². The van der Waals surface area contributed by atoms with Crippen molar-refractivity contribution < 1.29 is 4.74 Å². The molecule has 0 amide bonds. The Morgan fingerprint density at radius 3 is 3.04 bits per heavy atom. The molecule has 0 N–H and O–H groups in total. The van der Waals surface area contributed by atoms with E-state index in [1.54, 1.807) is 0 Å². The van der Waals surface area contributed by atoms with Crippen molar-refractivity contribution >= 4 is 11.0 Å². The molecule has 3 heterocycles. The van der Waals surface area contributed by atoms with Crippen molar-refractivity contribution in [1.29, 1.82) is 0 Å². The average molecular weight is 311 g/mol. The molecule has 23 heavy (non-hydrogen) atoms. The van der Waals surface area contributed by atoms with Crippen LogP contribution in [0.15, 0.2) is 24.4 Å². The molecule has 0 radical (unpaired) electrons. The highest BCUT2D eigenvalue weighted by Gasteiger charge is 2.19. The van der Waals surface area contributed by atoms with Crippen molar-refractivity contribution in [1.82, 2.24) is 24.5 Å². The molecule has 0 aliphatic carbocycles. The first-order valence-corrected chi connectivity index (χ1v) is 8.19. The first kappa shape index (κ1) is 14.4. The summed E-state index contributed by atoms with van der Waals surface area (Å²) in [7, 11) is 0. The van der Waals surface area contributed by atoms with E-state index in [1.165, 1.54) is 5.56 Å². The minimum Gasteiger partial charge on any atom is -0.381 e. The third kappa shape index (κ3) is 2.63. The van der Waals surface area contributed by atoms with Gasteiger partial charge in [0.05, 0.1) is 23.8 Å². The zero-order chi connectivity index (χ0) is 15.8. The summed E-state index contributed by atoms with van der Waals surface area (Å²) in [5, 5.41) is 8.62. The molecule has 0 bridgehead atoms. The first-order chi connectivity index (χ1) is 11.2. The predicted octanol–water partition coefficient (Wildman–Crippen LogP) is 2.66. The largest absolute Gasteiger partial charge is 0.381 e. The van der Waals surface area contributed by atoms with Crippen LogP contribution in [-0.4, -0.2) is 37.8 Å². The fourth-order valence-corrected chi connectivity index (χ4v) is 3.23. The lowest BCUT2D eigenvalue weighted by molar-refractivity contribution is 0.181. The Kier molecular flexibility index (Phi) is 3.61. The minimum atomic E-state index is 0.539. The maximum absolute atomic E-state index is 5.43. The van der Waals surface area contributed by atoms with Crippen molar-refractivity contribution in [3.8, 4) is 11.5 Å². The van der Waals surface area contributed by atoms with Gasteiger partial charge in [0.25, 0.3) is 0 Å². The van der Waals surface area contributed by atoms with E-state index in [0.717, 1.165) is 55.3 Å². The number of ether oxygens (including phenoxy) is 1. The van der Waals surface area contributed by atoms with Crippen LogP contribution in [0.4, 0.5) is 0 Å². The molecule has 1 aliphatic rings. The van der Waals surface area contributed by atoms with E-state index in [1.807, 2.05) is 10.9 Å². The van der Waals surface area contributed by atoms with Gasteiger partial charge in [0.1, 0.15) is 5.69 Å². The van der Waals surface area contributed by atoms with E-state index in [9.17, 15) is 0 Å². The Morgan fingerprint density at radius 1 is 1.35 bits per heavy atom. The van der Waals surface area contributed by atoms with Crippen LogP contribution in [0.3, 0.4) is 0 Å². The lowest BCUT2D eigenvalue weighted by Crippen LogP contribution is -2.11. The van der Waals surface area contributed by atoms with Gasteiger partial charge in [-0.25, -0.2) is 4.98 Å². The molecule has 4 rings (SSSR count). The molecule has 6 nitrogen and oxygen atoms in total. The lowest BCUT2D eigenvalue weighted by atomic mass is 10.1. The smallest absolute Gasteiger partial charge is 0.163 e. The first-order valence-electron chi connectivity index (χ1n) is 8.19. The second kappa shape index (κ2) is 5.77. The summed E-state index contributed by atoms with van der Waals surface area (Å²) in [5.74, 6) is 1.43. The van der Waals surface area contributed by atoms with Crippen LogP contribution in [0.5, 0.6) is 0 Å². The molecule has 6 heteroatoms. The second-order valence-electron chi connectivity index (χ2n) is 6.23. The fourth-order valence-electron chi connectivity index (χ4n) is 3.23. The number of aryl methyl sites for hydroxylation is 2. The summed E-state index contributed by atoms with van der Waals surface area (Å²) in [6.45, 7) is 7.63. The Morgan fingerprint density at radius 2 is 2.26 bits per heavy atom. The monoisotopic (exact) mass is 311 g/mol. The van der Waals surface area contributed by atoms with Crippen LogP contribution >= 0.6 is 0 Å². The SMILES string of the molecule is CCn1c(-c2cn(CC3CCOC3)nn2)nc2ccc(C)cc21. The highest BCUT2D eigenvalue weighted by Crippen LogP contribution is 2.24. The van der Waals surface area contributed by atoms with Crippen molar-refractivity contribution in [2.75, 3.05) is 13.2 Å². The molecule has 1 aromatic carbocycles. The molecular formula is C17H21N5O. The minimum absolute atomic E-state index is 0.539. The van der Waals surface area contributed by atoms with Crippen molar-refractivity contribution in [2.45, 2.75) is 33.4 Å². The summed E-state index contributed by atoms with van der Waals surface area (Å²) in [4.78, 5) is 4.76. The highest BCUT2D eigenvalue weighted by molar-refractivity contribution is 5.80. The predicted molar refractivity (Wildman–Crippen MR) is 88.1 cm³/mol. The second-order valence-corrected chi connectivity index (χ2v) is 6.23. The van der Waals surface area contributed by atoms with Gasteiger partial charge in [-0.15, -0.1) is 5.10 Å². The van der Waals surface area contributed by atoms with E-state index < -0.39 is 0 Å². The number of imidazole rings is 1. The number of benzene rings is 1. The van der Waals surface area contributed by atoms with Crippen LogP contribution in [0.1, 0.15) is 18.9 Å². The van der Waals surface area contributed by atoms with Gasteiger partial charge in [-0.05, 0) is 38.0 Å². The number of fused-ring (bicyclic) bond motifs is 1. The summed E-state index contributed by atoms with van der Waals surface area (Å²) < 4.78 is 9.55. The molecule has 1 atom stereocenters. The van der Waals surface area contributed by atoms with Gasteiger partial charge in [0.2, 0.25) is 0 Å². The van der Waals surface area contributed by atoms with Crippen LogP contribution in [0.25, 0.3) is 22.6 Å². The van der Waals surface area contributed by atoms with Crippen LogP contribution in [0, 0.1) is 12.8 Å². The lowest BCUT2D eigenvalue weighted by Gasteiger charge is -2.05. The molecular weight excluding hydrogens is 290 g/mol. The van der Waals surface area contributed by atoms with Gasteiger partial charge in [-0.2, -0.15) is 0 Å². The Labute approximate surface area is 135 Å². The fraction of sp³-hybridized carbons (Fsp3) is 0.471. The number of hydrogen-bond donors (Lipinski definition) is 0. The topological polar surface area (TPSA) is 57.8 Å².